The van der Waals surface area contributed by atoms with E-state index in [-0.39, 0.29) is 6.54 Å². The number of hydrogen-bond donors (Lipinski definition) is 1. The molecule has 0 spiro atoms. The van der Waals surface area contributed by atoms with Gasteiger partial charge in [0.25, 0.3) is 5.22 Å². The number of nitrogens with one attached hydrogen (secondary N) is 1. The molecule has 0 saturated carbocycles. The maximum atomic E-state index is 11.8. The fraction of sp³-hybridized carbons (Fsp3) is 0.308. The van der Waals surface area contributed by atoms with Gasteiger partial charge in [0.1, 0.15) is 0 Å². The minimum Gasteiger partial charge on any atom is -0.440 e. The van der Waals surface area contributed by atoms with Crippen LogP contribution >= 0.6 is 11.8 Å². The van der Waals surface area contributed by atoms with E-state index in [2.05, 4.69) is 20.3 Å². The van der Waals surface area contributed by atoms with Crippen LogP contribution in [0.3, 0.4) is 0 Å². The standard InChI is InChI=1S/C13H12F3N3O3S/c14-13(15,16)8-21-11(20)17-6-7-23-12-19-18-10(22-12)9-4-2-1-3-5-9/h1-5H,6-8H2,(H,17,20). The molecule has 10 heteroatoms. The molecule has 2 aromatic rings. The number of hydrogen-bond acceptors (Lipinski definition) is 6. The van der Waals surface area contributed by atoms with Gasteiger partial charge in [-0.2, -0.15) is 13.2 Å². The Morgan fingerprint density at radius 2 is 2.00 bits per heavy atom. The van der Waals surface area contributed by atoms with Gasteiger partial charge >= 0.3 is 12.3 Å². The van der Waals surface area contributed by atoms with Crippen molar-refractivity contribution in [1.82, 2.24) is 15.5 Å². The van der Waals surface area contributed by atoms with Crippen molar-refractivity contribution in [2.45, 2.75) is 11.4 Å². The van der Waals surface area contributed by atoms with E-state index in [9.17, 15) is 18.0 Å². The lowest BCUT2D eigenvalue weighted by Crippen LogP contribution is -2.30. The van der Waals surface area contributed by atoms with Crippen LogP contribution in [0.4, 0.5) is 18.0 Å². The molecule has 23 heavy (non-hydrogen) atoms. The minimum atomic E-state index is -4.54. The molecular weight excluding hydrogens is 335 g/mol. The van der Waals surface area contributed by atoms with Gasteiger partial charge in [-0.25, -0.2) is 4.79 Å². The van der Waals surface area contributed by atoms with Gasteiger partial charge in [-0.3, -0.25) is 0 Å². The summed E-state index contributed by atoms with van der Waals surface area (Å²) in [6.45, 7) is -1.51. The summed E-state index contributed by atoms with van der Waals surface area (Å²) >= 11 is 1.17. The van der Waals surface area contributed by atoms with Crippen LogP contribution in [-0.4, -0.2) is 41.4 Å². The molecule has 2 rings (SSSR count). The number of carbonyl (C=O) groups excluding carboxylic acids is 1. The van der Waals surface area contributed by atoms with Crippen molar-refractivity contribution in [3.05, 3.63) is 30.3 Å². The number of thioether (sulfide) groups is 1. The molecule has 0 radical (unpaired) electrons. The molecule has 0 bridgehead atoms. The minimum absolute atomic E-state index is 0.102. The number of halogens is 3. The molecule has 1 aromatic carbocycles. The van der Waals surface area contributed by atoms with Gasteiger partial charge in [-0.15, -0.1) is 10.2 Å². The Morgan fingerprint density at radius 3 is 2.70 bits per heavy atom. The third-order valence-electron chi connectivity index (χ3n) is 2.39. The van der Waals surface area contributed by atoms with E-state index in [1.807, 2.05) is 30.3 Å². The van der Waals surface area contributed by atoms with Crippen molar-refractivity contribution in [3.63, 3.8) is 0 Å². The van der Waals surface area contributed by atoms with Crippen LogP contribution < -0.4 is 5.32 Å². The number of alkyl carbamates (subject to hydrolysis) is 1. The summed E-state index contributed by atoms with van der Waals surface area (Å²) < 4.78 is 44.9. The number of carbonyl (C=O) groups is 1. The van der Waals surface area contributed by atoms with Gasteiger partial charge in [0.15, 0.2) is 6.61 Å². The van der Waals surface area contributed by atoms with E-state index < -0.39 is 18.9 Å². The molecule has 1 amide bonds. The monoisotopic (exact) mass is 347 g/mol. The Bertz CT molecular complexity index is 634. The van der Waals surface area contributed by atoms with Crippen molar-refractivity contribution in [1.29, 1.82) is 0 Å². The van der Waals surface area contributed by atoms with Crippen molar-refractivity contribution < 1.29 is 27.1 Å². The molecule has 0 saturated heterocycles. The molecule has 0 unspecified atom stereocenters. The molecule has 1 heterocycles. The summed E-state index contributed by atoms with van der Waals surface area (Å²) in [6, 6.07) is 9.17. The molecule has 0 aliphatic rings. The van der Waals surface area contributed by atoms with E-state index in [1.54, 1.807) is 0 Å². The van der Waals surface area contributed by atoms with Crippen LogP contribution in [0.15, 0.2) is 40.0 Å². The van der Waals surface area contributed by atoms with Gasteiger partial charge in [-0.1, -0.05) is 30.0 Å². The number of ether oxygens (including phenoxy) is 1. The first-order chi connectivity index (χ1) is 10.9. The quantitative estimate of drug-likeness (QED) is 0.639. The lowest BCUT2D eigenvalue weighted by molar-refractivity contribution is -0.160. The summed E-state index contributed by atoms with van der Waals surface area (Å²) in [7, 11) is 0. The molecule has 1 N–H and O–H groups in total. The number of alkyl halides is 3. The summed E-state index contributed by atoms with van der Waals surface area (Å²) in [6.07, 6.45) is -5.66. The molecule has 0 aliphatic carbocycles. The van der Waals surface area contributed by atoms with Crippen molar-refractivity contribution in [3.8, 4) is 11.5 Å². The van der Waals surface area contributed by atoms with Crippen LogP contribution in [0.1, 0.15) is 0 Å². The lowest BCUT2D eigenvalue weighted by Gasteiger charge is -2.08. The lowest BCUT2D eigenvalue weighted by atomic mass is 10.2. The second-order valence-corrected chi connectivity index (χ2v) is 5.25. The first kappa shape index (κ1) is 17.1. The van der Waals surface area contributed by atoms with Crippen molar-refractivity contribution in [2.24, 2.45) is 0 Å². The highest BCUT2D eigenvalue weighted by molar-refractivity contribution is 7.99. The molecule has 0 fully saturated rings. The zero-order chi connectivity index (χ0) is 16.7. The normalized spacial score (nSPS) is 11.3. The number of rotatable bonds is 6. The van der Waals surface area contributed by atoms with E-state index in [4.69, 9.17) is 4.42 Å². The van der Waals surface area contributed by atoms with Gasteiger partial charge in [0, 0.05) is 17.9 Å². The zero-order valence-electron chi connectivity index (χ0n) is 11.7. The number of benzene rings is 1. The highest BCUT2D eigenvalue weighted by atomic mass is 32.2. The third-order valence-corrected chi connectivity index (χ3v) is 3.21. The summed E-state index contributed by atoms with van der Waals surface area (Å²) in [5, 5.41) is 10.2. The average molecular weight is 347 g/mol. The Kier molecular flexibility index (Phi) is 5.85. The highest BCUT2D eigenvalue weighted by Gasteiger charge is 2.29. The number of aromatic nitrogens is 2. The smallest absolute Gasteiger partial charge is 0.422 e. The third kappa shape index (κ3) is 6.19. The van der Waals surface area contributed by atoms with Gasteiger partial charge < -0.3 is 14.5 Å². The molecule has 0 atom stereocenters. The fourth-order valence-corrected chi connectivity index (χ4v) is 2.07. The zero-order valence-corrected chi connectivity index (χ0v) is 12.5. The first-order valence-corrected chi connectivity index (χ1v) is 7.42. The van der Waals surface area contributed by atoms with Gasteiger partial charge in [0.2, 0.25) is 5.89 Å². The Morgan fingerprint density at radius 1 is 1.26 bits per heavy atom. The predicted molar refractivity (Wildman–Crippen MR) is 75.9 cm³/mol. The van der Waals surface area contributed by atoms with Crippen LogP contribution in [0.25, 0.3) is 11.5 Å². The molecule has 6 nitrogen and oxygen atoms in total. The summed E-state index contributed by atoms with van der Waals surface area (Å²) in [4.78, 5) is 11.0. The summed E-state index contributed by atoms with van der Waals surface area (Å²) in [5.74, 6) is 0.711. The van der Waals surface area contributed by atoms with Crippen LogP contribution in [0.5, 0.6) is 0 Å². The van der Waals surface area contributed by atoms with Crippen molar-refractivity contribution >= 4 is 17.9 Å². The molecule has 124 valence electrons. The first-order valence-electron chi connectivity index (χ1n) is 6.43. The van der Waals surface area contributed by atoms with E-state index in [0.717, 1.165) is 5.56 Å². The van der Waals surface area contributed by atoms with Gasteiger partial charge in [-0.05, 0) is 12.1 Å². The van der Waals surface area contributed by atoms with E-state index in [0.29, 0.717) is 16.9 Å². The largest absolute Gasteiger partial charge is 0.440 e. The SMILES string of the molecule is O=C(NCCSc1nnc(-c2ccccc2)o1)OCC(F)(F)F. The molecular formula is C13H12F3N3O3S. The van der Waals surface area contributed by atoms with Crippen LogP contribution in [0, 0.1) is 0 Å². The second kappa shape index (κ2) is 7.86. The second-order valence-electron chi connectivity index (χ2n) is 4.21. The van der Waals surface area contributed by atoms with Gasteiger partial charge in [0.05, 0.1) is 0 Å². The average Bonchev–Trinajstić information content (AvgIpc) is 2.99. The Balaban J connectivity index is 1.69. The van der Waals surface area contributed by atoms with E-state index in [1.165, 1.54) is 11.8 Å². The maximum Gasteiger partial charge on any atom is 0.422 e. The van der Waals surface area contributed by atoms with Crippen LogP contribution in [-0.2, 0) is 4.74 Å². The topological polar surface area (TPSA) is 77.3 Å². The maximum absolute atomic E-state index is 11.8. The van der Waals surface area contributed by atoms with E-state index >= 15 is 0 Å². The van der Waals surface area contributed by atoms with Crippen molar-refractivity contribution in [2.75, 3.05) is 18.9 Å². The molecule has 1 aromatic heterocycles. The highest BCUT2D eigenvalue weighted by Crippen LogP contribution is 2.22. The number of nitrogens with zero attached hydrogens (tertiary/aromatic N) is 2. The Hall–Kier alpha value is -2.23. The fourth-order valence-electron chi connectivity index (χ4n) is 1.46. The Labute approximate surface area is 133 Å². The number of amides is 1. The van der Waals surface area contributed by atoms with Crippen LogP contribution in [0.2, 0.25) is 0 Å². The predicted octanol–water partition coefficient (Wildman–Crippen LogP) is 3.12. The summed E-state index contributed by atoms with van der Waals surface area (Å²) in [5.41, 5.74) is 0.778. The molecule has 0 aliphatic heterocycles.